The number of pyridine rings is 1. The van der Waals surface area contributed by atoms with Crippen LogP contribution in [0.25, 0.3) is 0 Å². The average Bonchev–Trinajstić information content (AvgIpc) is 2.75. The lowest BCUT2D eigenvalue weighted by Gasteiger charge is -2.59. The monoisotopic (exact) mass is 404 g/mol. The molecule has 2 aromatic rings. The molecule has 4 heteroatoms. The van der Waals surface area contributed by atoms with E-state index in [0.29, 0.717) is 17.6 Å². The van der Waals surface area contributed by atoms with Crippen molar-refractivity contribution in [2.24, 2.45) is 0 Å². The maximum Gasteiger partial charge on any atom is 0.128 e. The Labute approximate surface area is 181 Å². The number of hydrogen-bond donors (Lipinski definition) is 0. The van der Waals surface area contributed by atoms with E-state index in [1.165, 1.54) is 62.7 Å². The van der Waals surface area contributed by atoms with E-state index in [2.05, 4.69) is 70.1 Å². The number of piperazine rings is 1. The zero-order valence-electron chi connectivity index (χ0n) is 18.6. The van der Waals surface area contributed by atoms with Gasteiger partial charge in [-0.1, -0.05) is 35.9 Å². The second-order valence-electron chi connectivity index (χ2n) is 9.88. The molecule has 4 nitrogen and oxygen atoms in total. The number of aryl methyl sites for hydroxylation is 1. The van der Waals surface area contributed by atoms with Crippen molar-refractivity contribution in [2.75, 3.05) is 38.1 Å². The van der Waals surface area contributed by atoms with E-state index < -0.39 is 0 Å². The quantitative estimate of drug-likeness (QED) is 0.764. The lowest BCUT2D eigenvalue weighted by Crippen LogP contribution is -2.69. The van der Waals surface area contributed by atoms with Gasteiger partial charge in [0.2, 0.25) is 0 Å². The van der Waals surface area contributed by atoms with Crippen LogP contribution in [0.1, 0.15) is 43.2 Å². The maximum absolute atomic E-state index is 4.58. The smallest absolute Gasteiger partial charge is 0.128 e. The molecular formula is C26H36N4. The van der Waals surface area contributed by atoms with Crippen LogP contribution >= 0.6 is 0 Å². The normalized spacial score (nSPS) is 25.4. The second kappa shape index (κ2) is 8.32. The molecule has 1 aromatic heterocycles. The zero-order chi connectivity index (χ0) is 20.6. The fraction of sp³-hybridized carbons (Fsp3) is 0.577. The highest BCUT2D eigenvalue weighted by molar-refractivity contribution is 5.38. The van der Waals surface area contributed by atoms with Crippen molar-refractivity contribution in [3.05, 3.63) is 59.8 Å². The van der Waals surface area contributed by atoms with Crippen LogP contribution in [0, 0.1) is 6.92 Å². The average molecular weight is 405 g/mol. The van der Waals surface area contributed by atoms with Crippen LogP contribution in [-0.2, 0) is 6.42 Å². The summed E-state index contributed by atoms with van der Waals surface area (Å²) in [5.41, 5.74) is 3.29. The lowest BCUT2D eigenvalue weighted by molar-refractivity contribution is -0.0823. The molecule has 160 valence electrons. The summed E-state index contributed by atoms with van der Waals surface area (Å²) in [6.07, 6.45) is 9.75. The van der Waals surface area contributed by atoms with E-state index in [4.69, 9.17) is 0 Å². The molecule has 0 amide bonds. The molecule has 0 radical (unpaired) electrons. The third-order valence-corrected chi connectivity index (χ3v) is 8.02. The first-order valence-corrected chi connectivity index (χ1v) is 11.8. The Morgan fingerprint density at radius 1 is 1.03 bits per heavy atom. The van der Waals surface area contributed by atoms with Crippen molar-refractivity contribution in [3.8, 4) is 0 Å². The number of likely N-dealkylation sites (N-methyl/N-ethyl adjacent to an activating group) is 1. The van der Waals surface area contributed by atoms with Gasteiger partial charge in [0.25, 0.3) is 0 Å². The summed E-state index contributed by atoms with van der Waals surface area (Å²) in [6.45, 7) is 6.89. The van der Waals surface area contributed by atoms with Crippen molar-refractivity contribution in [2.45, 2.75) is 63.1 Å². The molecule has 3 heterocycles. The van der Waals surface area contributed by atoms with Crippen LogP contribution in [0.2, 0.25) is 0 Å². The van der Waals surface area contributed by atoms with Crippen LogP contribution < -0.4 is 4.90 Å². The summed E-state index contributed by atoms with van der Waals surface area (Å²) < 4.78 is 0. The minimum Gasteiger partial charge on any atom is -0.357 e. The lowest BCUT2D eigenvalue weighted by atomic mass is 9.72. The number of rotatable bonds is 4. The van der Waals surface area contributed by atoms with Crippen molar-refractivity contribution < 1.29 is 0 Å². The molecule has 2 aliphatic heterocycles. The summed E-state index contributed by atoms with van der Waals surface area (Å²) in [5.74, 6) is 1.14. The van der Waals surface area contributed by atoms with Gasteiger partial charge in [-0.15, -0.1) is 0 Å². The molecule has 1 aromatic carbocycles. The van der Waals surface area contributed by atoms with Crippen LogP contribution in [0.3, 0.4) is 0 Å². The van der Waals surface area contributed by atoms with Crippen molar-refractivity contribution in [3.63, 3.8) is 0 Å². The molecule has 0 bridgehead atoms. The van der Waals surface area contributed by atoms with Gasteiger partial charge in [0.15, 0.2) is 0 Å². The Kier molecular flexibility index (Phi) is 5.55. The number of benzene rings is 1. The number of piperidine rings is 1. The summed E-state index contributed by atoms with van der Waals surface area (Å²) >= 11 is 0. The first kappa shape index (κ1) is 20.0. The predicted octanol–water partition coefficient (Wildman–Crippen LogP) is 4.14. The Bertz CT molecular complexity index is 822. The van der Waals surface area contributed by atoms with Gasteiger partial charge < -0.3 is 4.90 Å². The Morgan fingerprint density at radius 2 is 1.80 bits per heavy atom. The van der Waals surface area contributed by atoms with Gasteiger partial charge >= 0.3 is 0 Å². The van der Waals surface area contributed by atoms with Crippen molar-refractivity contribution in [1.29, 1.82) is 0 Å². The molecule has 1 spiro atoms. The number of nitrogens with zero attached hydrogens (tertiary/aromatic N) is 4. The molecule has 2 saturated heterocycles. The van der Waals surface area contributed by atoms with Crippen LogP contribution in [-0.4, -0.2) is 65.6 Å². The largest absolute Gasteiger partial charge is 0.357 e. The topological polar surface area (TPSA) is 22.6 Å². The molecule has 3 aliphatic rings. The van der Waals surface area contributed by atoms with E-state index in [9.17, 15) is 0 Å². The summed E-state index contributed by atoms with van der Waals surface area (Å²) in [7, 11) is 2.38. The Balaban J connectivity index is 1.31. The third-order valence-electron chi connectivity index (χ3n) is 8.02. The highest BCUT2D eigenvalue weighted by Gasteiger charge is 2.48. The highest BCUT2D eigenvalue weighted by Crippen LogP contribution is 2.42. The minimum absolute atomic E-state index is 0.446. The van der Waals surface area contributed by atoms with E-state index >= 15 is 0 Å². The second-order valence-corrected chi connectivity index (χ2v) is 9.88. The van der Waals surface area contributed by atoms with Crippen LogP contribution in [0.5, 0.6) is 0 Å². The molecule has 1 saturated carbocycles. The fourth-order valence-corrected chi connectivity index (χ4v) is 5.90. The first-order chi connectivity index (χ1) is 14.6. The molecular weight excluding hydrogens is 368 g/mol. The predicted molar refractivity (Wildman–Crippen MR) is 124 cm³/mol. The summed E-state index contributed by atoms with van der Waals surface area (Å²) in [6, 6.07) is 16.8. The van der Waals surface area contributed by atoms with Gasteiger partial charge in [0, 0.05) is 50.0 Å². The molecule has 1 aliphatic carbocycles. The summed E-state index contributed by atoms with van der Waals surface area (Å²) in [5, 5.41) is 0. The van der Waals surface area contributed by atoms with Crippen molar-refractivity contribution in [1.82, 2.24) is 14.8 Å². The molecule has 5 rings (SSSR count). The molecule has 30 heavy (non-hydrogen) atoms. The zero-order valence-corrected chi connectivity index (χ0v) is 18.6. The van der Waals surface area contributed by atoms with Crippen LogP contribution in [0.15, 0.2) is 48.7 Å². The van der Waals surface area contributed by atoms with Gasteiger partial charge in [0.05, 0.1) is 0 Å². The maximum atomic E-state index is 4.58. The Morgan fingerprint density at radius 3 is 2.43 bits per heavy atom. The highest BCUT2D eigenvalue weighted by atomic mass is 15.3. The number of anilines is 1. The van der Waals surface area contributed by atoms with Gasteiger partial charge in [0.1, 0.15) is 5.82 Å². The van der Waals surface area contributed by atoms with E-state index in [1.807, 2.05) is 12.3 Å². The standard InChI is InChI=1S/C26H36N4/c1-21-7-9-22(10-8-21)18-24-19-28(2)26(13-5-14-26)20-30(24)23-11-16-29(17-12-23)25-6-3-4-15-27-25/h3-4,6-10,15,23-24H,5,11-14,16-20H2,1-2H3. The molecule has 0 N–H and O–H groups in total. The number of hydrogen-bond acceptors (Lipinski definition) is 4. The van der Waals surface area contributed by atoms with Gasteiger partial charge in [-0.2, -0.15) is 0 Å². The summed E-state index contributed by atoms with van der Waals surface area (Å²) in [4.78, 5) is 12.7. The van der Waals surface area contributed by atoms with E-state index in [1.54, 1.807) is 0 Å². The van der Waals surface area contributed by atoms with Gasteiger partial charge in [-0.3, -0.25) is 9.80 Å². The fourth-order valence-electron chi connectivity index (χ4n) is 5.90. The van der Waals surface area contributed by atoms with Crippen LogP contribution in [0.4, 0.5) is 5.82 Å². The van der Waals surface area contributed by atoms with E-state index in [0.717, 1.165) is 18.9 Å². The SMILES string of the molecule is Cc1ccc(CC2CN(C)C3(CCC3)CN2C2CCN(c3ccccn3)CC2)cc1. The van der Waals surface area contributed by atoms with Crippen molar-refractivity contribution >= 4 is 5.82 Å². The van der Waals surface area contributed by atoms with Gasteiger partial charge in [-0.25, -0.2) is 4.98 Å². The first-order valence-electron chi connectivity index (χ1n) is 11.8. The molecule has 3 fully saturated rings. The molecule has 1 unspecified atom stereocenters. The van der Waals surface area contributed by atoms with E-state index in [-0.39, 0.29) is 0 Å². The molecule has 1 atom stereocenters. The Hall–Kier alpha value is -1.91. The van der Waals surface area contributed by atoms with Gasteiger partial charge in [-0.05, 0) is 70.2 Å². The number of aromatic nitrogens is 1. The third kappa shape index (κ3) is 3.88. The minimum atomic E-state index is 0.446.